The Hall–Kier alpha value is -1.51. The van der Waals surface area contributed by atoms with E-state index in [4.69, 9.17) is 0 Å². The smallest absolute Gasteiger partial charge is 0.225 e. The molecular formula is C26H42N2O. The summed E-state index contributed by atoms with van der Waals surface area (Å²) in [4.78, 5) is 17.7. The average Bonchev–Trinajstić information content (AvgIpc) is 2.77. The third-order valence-electron chi connectivity index (χ3n) is 7.35. The standard InChI is InChI=1S/C26H42N2O/c1-5-8-22(7-3)26(29)28-17-13-23(14-18-28)24-10-9-21(6-2)19-25(24)27-15-11-20(4)12-16-27/h9-10,19-20,22-23H,5-8,11-18H2,1-4H3. The lowest BCUT2D eigenvalue weighted by Crippen LogP contribution is -2.41. The molecule has 0 N–H and O–H groups in total. The van der Waals surface area contributed by atoms with Crippen LogP contribution >= 0.6 is 0 Å². The van der Waals surface area contributed by atoms with Crippen molar-refractivity contribution in [2.75, 3.05) is 31.1 Å². The largest absolute Gasteiger partial charge is 0.371 e. The van der Waals surface area contributed by atoms with Crippen molar-refractivity contribution in [2.45, 2.75) is 85.0 Å². The third-order valence-corrected chi connectivity index (χ3v) is 7.35. The highest BCUT2D eigenvalue weighted by atomic mass is 16.2. The number of carbonyl (C=O) groups is 1. The number of nitrogens with zero attached hydrogens (tertiary/aromatic N) is 2. The molecule has 0 aromatic heterocycles. The molecule has 0 spiro atoms. The van der Waals surface area contributed by atoms with E-state index in [-0.39, 0.29) is 5.92 Å². The van der Waals surface area contributed by atoms with Crippen LogP contribution in [0.15, 0.2) is 18.2 Å². The summed E-state index contributed by atoms with van der Waals surface area (Å²) in [5.74, 6) is 2.07. The van der Waals surface area contributed by atoms with Crippen LogP contribution in [0.1, 0.15) is 89.7 Å². The molecule has 29 heavy (non-hydrogen) atoms. The molecule has 3 rings (SSSR count). The molecule has 2 aliphatic heterocycles. The Balaban J connectivity index is 1.71. The maximum Gasteiger partial charge on any atom is 0.225 e. The molecule has 2 heterocycles. The SMILES string of the molecule is CCCC(CC)C(=O)N1CCC(c2ccc(CC)cc2N2CCC(C)CC2)CC1. The number of piperidine rings is 2. The van der Waals surface area contributed by atoms with Gasteiger partial charge in [-0.05, 0) is 74.0 Å². The van der Waals surface area contributed by atoms with Gasteiger partial charge in [-0.3, -0.25) is 4.79 Å². The van der Waals surface area contributed by atoms with Gasteiger partial charge in [0.1, 0.15) is 0 Å². The van der Waals surface area contributed by atoms with Crippen molar-refractivity contribution >= 4 is 11.6 Å². The van der Waals surface area contributed by atoms with Crippen LogP contribution in [-0.4, -0.2) is 37.0 Å². The molecule has 2 fully saturated rings. The number of benzene rings is 1. The Kier molecular flexibility index (Phi) is 8.03. The lowest BCUT2D eigenvalue weighted by molar-refractivity contribution is -0.137. The van der Waals surface area contributed by atoms with Gasteiger partial charge in [0.15, 0.2) is 0 Å². The molecule has 0 radical (unpaired) electrons. The normalized spacial score (nSPS) is 20.1. The van der Waals surface area contributed by atoms with Crippen molar-refractivity contribution in [2.24, 2.45) is 11.8 Å². The first-order valence-corrected chi connectivity index (χ1v) is 12.2. The molecule has 2 aliphatic rings. The zero-order valence-corrected chi connectivity index (χ0v) is 19.3. The lowest BCUT2D eigenvalue weighted by Gasteiger charge is -2.38. The van der Waals surface area contributed by atoms with Crippen LogP contribution in [0.2, 0.25) is 0 Å². The van der Waals surface area contributed by atoms with Crippen molar-refractivity contribution in [3.05, 3.63) is 29.3 Å². The highest BCUT2D eigenvalue weighted by molar-refractivity contribution is 5.79. The fourth-order valence-corrected chi connectivity index (χ4v) is 5.20. The summed E-state index contributed by atoms with van der Waals surface area (Å²) in [6, 6.07) is 7.19. The number of hydrogen-bond acceptors (Lipinski definition) is 2. The number of rotatable bonds is 7. The summed E-state index contributed by atoms with van der Waals surface area (Å²) < 4.78 is 0. The first kappa shape index (κ1) is 22.2. The van der Waals surface area contributed by atoms with E-state index in [9.17, 15) is 4.79 Å². The van der Waals surface area contributed by atoms with Gasteiger partial charge in [0, 0.05) is 37.8 Å². The summed E-state index contributed by atoms with van der Waals surface area (Å²) in [5, 5.41) is 0. The van der Waals surface area contributed by atoms with Gasteiger partial charge in [-0.2, -0.15) is 0 Å². The van der Waals surface area contributed by atoms with Crippen molar-refractivity contribution in [1.82, 2.24) is 4.90 Å². The van der Waals surface area contributed by atoms with E-state index in [1.807, 2.05) is 0 Å². The van der Waals surface area contributed by atoms with Gasteiger partial charge in [-0.25, -0.2) is 0 Å². The minimum Gasteiger partial charge on any atom is -0.371 e. The molecule has 3 nitrogen and oxygen atoms in total. The fourth-order valence-electron chi connectivity index (χ4n) is 5.20. The molecule has 162 valence electrons. The molecule has 0 bridgehead atoms. The second-order valence-electron chi connectivity index (χ2n) is 9.41. The minimum atomic E-state index is 0.228. The van der Waals surface area contributed by atoms with Crippen molar-refractivity contribution in [1.29, 1.82) is 0 Å². The Labute approximate surface area is 178 Å². The van der Waals surface area contributed by atoms with Crippen molar-refractivity contribution < 1.29 is 4.79 Å². The van der Waals surface area contributed by atoms with Crippen LogP contribution in [-0.2, 0) is 11.2 Å². The Morgan fingerprint density at radius 2 is 1.72 bits per heavy atom. The average molecular weight is 399 g/mol. The number of anilines is 1. The molecular weight excluding hydrogens is 356 g/mol. The van der Waals surface area contributed by atoms with Gasteiger partial charge in [-0.15, -0.1) is 0 Å². The molecule has 1 aromatic rings. The van der Waals surface area contributed by atoms with E-state index in [1.54, 1.807) is 0 Å². The summed E-state index contributed by atoms with van der Waals surface area (Å²) in [7, 11) is 0. The quantitative estimate of drug-likeness (QED) is 0.561. The maximum absolute atomic E-state index is 12.9. The Morgan fingerprint density at radius 1 is 1.03 bits per heavy atom. The van der Waals surface area contributed by atoms with Crippen LogP contribution in [0.3, 0.4) is 0 Å². The molecule has 2 saturated heterocycles. The van der Waals surface area contributed by atoms with Crippen molar-refractivity contribution in [3.63, 3.8) is 0 Å². The Morgan fingerprint density at radius 3 is 2.31 bits per heavy atom. The number of likely N-dealkylation sites (tertiary alicyclic amines) is 1. The predicted molar refractivity (Wildman–Crippen MR) is 124 cm³/mol. The Bertz CT molecular complexity index is 655. The lowest BCUT2D eigenvalue weighted by atomic mass is 9.85. The number of amides is 1. The van der Waals surface area contributed by atoms with Gasteiger partial charge < -0.3 is 9.80 Å². The fraction of sp³-hybridized carbons (Fsp3) is 0.731. The summed E-state index contributed by atoms with van der Waals surface area (Å²) in [6.07, 6.45) is 9.03. The maximum atomic E-state index is 12.9. The molecule has 1 unspecified atom stereocenters. The molecule has 0 aliphatic carbocycles. The monoisotopic (exact) mass is 398 g/mol. The van der Waals surface area contributed by atoms with Gasteiger partial charge >= 0.3 is 0 Å². The second-order valence-corrected chi connectivity index (χ2v) is 9.41. The van der Waals surface area contributed by atoms with Gasteiger partial charge in [-0.1, -0.05) is 46.2 Å². The topological polar surface area (TPSA) is 23.6 Å². The van der Waals surface area contributed by atoms with E-state index < -0.39 is 0 Å². The zero-order chi connectivity index (χ0) is 20.8. The van der Waals surface area contributed by atoms with E-state index in [0.29, 0.717) is 11.8 Å². The van der Waals surface area contributed by atoms with Gasteiger partial charge in [0.05, 0.1) is 0 Å². The molecule has 3 heteroatoms. The number of carbonyl (C=O) groups excluding carboxylic acids is 1. The van der Waals surface area contributed by atoms with Crippen LogP contribution in [0.25, 0.3) is 0 Å². The third kappa shape index (κ3) is 5.35. The second kappa shape index (κ2) is 10.5. The van der Waals surface area contributed by atoms with Crippen LogP contribution < -0.4 is 4.90 Å². The molecule has 1 aromatic carbocycles. The molecule has 1 amide bonds. The highest BCUT2D eigenvalue weighted by Gasteiger charge is 2.29. The van der Waals surface area contributed by atoms with E-state index >= 15 is 0 Å². The number of aryl methyl sites for hydroxylation is 1. The first-order valence-electron chi connectivity index (χ1n) is 12.2. The first-order chi connectivity index (χ1) is 14.1. The van der Waals surface area contributed by atoms with E-state index in [0.717, 1.165) is 57.5 Å². The molecule has 1 atom stereocenters. The van der Waals surface area contributed by atoms with Gasteiger partial charge in [0.2, 0.25) is 5.91 Å². The summed E-state index contributed by atoms with van der Waals surface area (Å²) in [5.41, 5.74) is 4.46. The summed E-state index contributed by atoms with van der Waals surface area (Å²) >= 11 is 0. The van der Waals surface area contributed by atoms with E-state index in [2.05, 4.69) is 55.7 Å². The highest BCUT2D eigenvalue weighted by Crippen LogP contribution is 2.37. The minimum absolute atomic E-state index is 0.228. The van der Waals surface area contributed by atoms with Crippen molar-refractivity contribution in [3.8, 4) is 0 Å². The van der Waals surface area contributed by atoms with Gasteiger partial charge in [0.25, 0.3) is 0 Å². The van der Waals surface area contributed by atoms with Crippen LogP contribution in [0, 0.1) is 11.8 Å². The zero-order valence-electron chi connectivity index (χ0n) is 19.3. The van der Waals surface area contributed by atoms with Crippen LogP contribution in [0.5, 0.6) is 0 Å². The van der Waals surface area contributed by atoms with Crippen LogP contribution in [0.4, 0.5) is 5.69 Å². The molecule has 0 saturated carbocycles. The predicted octanol–water partition coefficient (Wildman–Crippen LogP) is 6.02. The van der Waals surface area contributed by atoms with E-state index in [1.165, 1.54) is 42.7 Å². The number of hydrogen-bond donors (Lipinski definition) is 0. The summed E-state index contributed by atoms with van der Waals surface area (Å²) in [6.45, 7) is 13.2.